The van der Waals surface area contributed by atoms with Crippen molar-refractivity contribution < 1.29 is 9.18 Å². The molecule has 0 saturated carbocycles. The van der Waals surface area contributed by atoms with Gasteiger partial charge in [0.2, 0.25) is 5.91 Å². The first kappa shape index (κ1) is 21.8. The molecule has 2 N–H and O–H groups in total. The van der Waals surface area contributed by atoms with Crippen LogP contribution in [0.15, 0.2) is 97.3 Å². The third-order valence-electron chi connectivity index (χ3n) is 5.74. The number of hydrogen-bond donors (Lipinski definition) is 2. The Bertz CT molecular complexity index is 1310. The minimum Gasteiger partial charge on any atom is -0.352 e. The van der Waals surface area contributed by atoms with Crippen LogP contribution in [-0.4, -0.2) is 32.0 Å². The summed E-state index contributed by atoms with van der Waals surface area (Å²) in [6.07, 6.45) is 3.61. The number of amides is 1. The highest BCUT2D eigenvalue weighted by Crippen LogP contribution is 2.39. The minimum absolute atomic E-state index is 0.0447. The molecule has 1 aliphatic heterocycles. The molecule has 4 aromatic rings. The van der Waals surface area contributed by atoms with Crippen LogP contribution in [0.1, 0.15) is 23.5 Å². The van der Waals surface area contributed by atoms with Crippen LogP contribution in [0.5, 0.6) is 0 Å². The summed E-state index contributed by atoms with van der Waals surface area (Å²) >= 11 is 5.67. The molecule has 2 atom stereocenters. The van der Waals surface area contributed by atoms with E-state index < -0.39 is 0 Å². The molecule has 1 saturated heterocycles. The summed E-state index contributed by atoms with van der Waals surface area (Å²) in [5.74, 6) is -0.511. The maximum absolute atomic E-state index is 14.0. The zero-order valence-corrected chi connectivity index (χ0v) is 19.0. The fourth-order valence-electron chi connectivity index (χ4n) is 4.27. The quantitative estimate of drug-likeness (QED) is 0.402. The largest absolute Gasteiger partial charge is 0.352 e. The first-order chi connectivity index (χ1) is 16.6. The normalized spacial score (nSPS) is 17.4. The zero-order chi connectivity index (χ0) is 23.5. The molecule has 0 aliphatic carbocycles. The highest BCUT2D eigenvalue weighted by molar-refractivity contribution is 7.80. The Hall–Kier alpha value is -4.04. The van der Waals surface area contributed by atoms with E-state index in [4.69, 9.17) is 12.2 Å². The van der Waals surface area contributed by atoms with E-state index in [2.05, 4.69) is 15.6 Å². The van der Waals surface area contributed by atoms with Crippen molar-refractivity contribution >= 4 is 28.9 Å². The third kappa shape index (κ3) is 4.40. The minimum atomic E-state index is -0.345. The molecular weight excluding hydrogens is 449 g/mol. The van der Waals surface area contributed by atoms with E-state index in [0.717, 1.165) is 11.4 Å². The molecule has 3 heterocycles. The molecule has 2 aromatic carbocycles. The van der Waals surface area contributed by atoms with E-state index in [-0.39, 0.29) is 30.4 Å². The fourth-order valence-corrected chi connectivity index (χ4v) is 4.58. The Balaban J connectivity index is 1.52. The van der Waals surface area contributed by atoms with E-state index in [1.165, 1.54) is 12.1 Å². The number of rotatable bonds is 6. The van der Waals surface area contributed by atoms with E-state index in [1.54, 1.807) is 12.3 Å². The number of anilines is 1. The van der Waals surface area contributed by atoms with Crippen molar-refractivity contribution in [2.24, 2.45) is 0 Å². The number of carbonyl (C=O) groups is 1. The molecule has 0 spiro atoms. The van der Waals surface area contributed by atoms with Crippen molar-refractivity contribution in [3.05, 3.63) is 115 Å². The number of halogens is 1. The van der Waals surface area contributed by atoms with Crippen LogP contribution in [0.4, 0.5) is 10.1 Å². The van der Waals surface area contributed by atoms with Crippen LogP contribution in [0, 0.1) is 5.82 Å². The molecule has 1 amide bonds. The summed E-state index contributed by atoms with van der Waals surface area (Å²) in [5.41, 5.74) is 3.06. The Labute approximate surface area is 202 Å². The number of aromatic nitrogens is 2. The topological polar surface area (TPSA) is 62.2 Å². The molecule has 5 rings (SSSR count). The van der Waals surface area contributed by atoms with Gasteiger partial charge < -0.3 is 20.1 Å². The summed E-state index contributed by atoms with van der Waals surface area (Å²) in [7, 11) is 0. The van der Waals surface area contributed by atoms with E-state index >= 15 is 0 Å². The summed E-state index contributed by atoms with van der Waals surface area (Å²) in [6, 6.07) is 24.6. The highest BCUT2D eigenvalue weighted by atomic mass is 32.1. The number of nitrogens with one attached hydrogen (secondary N) is 2. The number of benzene rings is 2. The maximum Gasteiger partial charge on any atom is 0.244 e. The molecule has 1 fully saturated rings. The first-order valence-corrected chi connectivity index (χ1v) is 11.3. The van der Waals surface area contributed by atoms with Gasteiger partial charge in [-0.2, -0.15) is 0 Å². The van der Waals surface area contributed by atoms with Gasteiger partial charge in [0.05, 0.1) is 17.8 Å². The average Bonchev–Trinajstić information content (AvgIpc) is 3.45. The van der Waals surface area contributed by atoms with Gasteiger partial charge in [0, 0.05) is 29.5 Å². The average molecular weight is 472 g/mol. The lowest BCUT2D eigenvalue weighted by molar-refractivity contribution is -0.116. The highest BCUT2D eigenvalue weighted by Gasteiger charge is 2.42. The smallest absolute Gasteiger partial charge is 0.244 e. The Kier molecular flexibility index (Phi) is 6.05. The SMILES string of the molecule is O=C(CN1C(=S)NC(c2ccccn2)C1c1cccn1-c1cccc(F)c1)Nc1ccccc1. The van der Waals surface area contributed by atoms with Crippen molar-refractivity contribution in [2.75, 3.05) is 11.9 Å². The molecule has 8 heteroatoms. The Morgan fingerprint density at radius 3 is 2.62 bits per heavy atom. The van der Waals surface area contributed by atoms with Crippen LogP contribution in [0.25, 0.3) is 5.69 Å². The second kappa shape index (κ2) is 9.44. The van der Waals surface area contributed by atoms with Crippen LogP contribution in [0.3, 0.4) is 0 Å². The molecule has 6 nitrogen and oxygen atoms in total. The number of hydrogen-bond acceptors (Lipinski definition) is 3. The van der Waals surface area contributed by atoms with Crippen LogP contribution in [0.2, 0.25) is 0 Å². The summed E-state index contributed by atoms with van der Waals surface area (Å²) < 4.78 is 15.9. The van der Waals surface area contributed by atoms with Crippen LogP contribution in [-0.2, 0) is 4.79 Å². The standard InChI is InChI=1S/C26H22FN5OS/c27-18-8-6-11-20(16-18)31-15-7-13-22(31)25-24(21-12-4-5-14-28-21)30-26(34)32(25)17-23(33)29-19-9-2-1-3-10-19/h1-16,24-25H,17H2,(H,29,33)(H,30,34). The summed E-state index contributed by atoms with van der Waals surface area (Å²) in [5, 5.41) is 6.72. The van der Waals surface area contributed by atoms with Crippen molar-refractivity contribution in [3.8, 4) is 5.69 Å². The number of carbonyl (C=O) groups excluding carboxylic acids is 1. The number of para-hydroxylation sites is 1. The number of thiocarbonyl (C=S) groups is 1. The van der Waals surface area contributed by atoms with Gasteiger partial charge in [-0.3, -0.25) is 9.78 Å². The third-order valence-corrected chi connectivity index (χ3v) is 6.09. The van der Waals surface area contributed by atoms with E-state index in [9.17, 15) is 9.18 Å². The molecule has 0 bridgehead atoms. The summed E-state index contributed by atoms with van der Waals surface area (Å²) in [4.78, 5) is 19.4. The lowest BCUT2D eigenvalue weighted by Gasteiger charge is -2.28. The monoisotopic (exact) mass is 471 g/mol. The van der Waals surface area contributed by atoms with E-state index in [1.807, 2.05) is 82.4 Å². The van der Waals surface area contributed by atoms with E-state index in [0.29, 0.717) is 16.5 Å². The van der Waals surface area contributed by atoms with Gasteiger partial charge in [-0.15, -0.1) is 0 Å². The Morgan fingerprint density at radius 1 is 1.03 bits per heavy atom. The van der Waals surface area contributed by atoms with Crippen molar-refractivity contribution in [2.45, 2.75) is 12.1 Å². The van der Waals surface area contributed by atoms with Gasteiger partial charge in [0.25, 0.3) is 0 Å². The first-order valence-electron chi connectivity index (χ1n) is 10.9. The predicted molar refractivity (Wildman–Crippen MR) is 133 cm³/mol. The molecule has 34 heavy (non-hydrogen) atoms. The van der Waals surface area contributed by atoms with Crippen molar-refractivity contribution in [1.29, 1.82) is 0 Å². The van der Waals surface area contributed by atoms with Gasteiger partial charge in [0.1, 0.15) is 12.4 Å². The number of nitrogens with zero attached hydrogens (tertiary/aromatic N) is 3. The van der Waals surface area contributed by atoms with Crippen molar-refractivity contribution in [1.82, 2.24) is 19.8 Å². The zero-order valence-electron chi connectivity index (χ0n) is 18.1. The van der Waals surface area contributed by atoms with Gasteiger partial charge in [-0.1, -0.05) is 30.3 Å². The lowest BCUT2D eigenvalue weighted by Crippen LogP contribution is -2.37. The molecule has 2 aromatic heterocycles. The molecule has 0 radical (unpaired) electrons. The predicted octanol–water partition coefficient (Wildman–Crippen LogP) is 4.62. The molecule has 1 aliphatic rings. The second-order valence-electron chi connectivity index (χ2n) is 7.95. The van der Waals surface area contributed by atoms with Crippen LogP contribution < -0.4 is 10.6 Å². The van der Waals surface area contributed by atoms with Gasteiger partial charge in [-0.05, 0) is 66.8 Å². The molecular formula is C26H22FN5OS. The van der Waals surface area contributed by atoms with Crippen molar-refractivity contribution in [3.63, 3.8) is 0 Å². The van der Waals surface area contributed by atoms with Gasteiger partial charge >= 0.3 is 0 Å². The lowest BCUT2D eigenvalue weighted by atomic mass is 10.0. The molecule has 2 unspecified atom stereocenters. The van der Waals surface area contributed by atoms with Crippen LogP contribution >= 0.6 is 12.2 Å². The Morgan fingerprint density at radius 2 is 1.85 bits per heavy atom. The number of pyridine rings is 1. The second-order valence-corrected chi connectivity index (χ2v) is 8.34. The summed E-state index contributed by atoms with van der Waals surface area (Å²) in [6.45, 7) is 0.0447. The maximum atomic E-state index is 14.0. The fraction of sp³-hybridized carbons (Fsp3) is 0.115. The van der Waals surface area contributed by atoms with Gasteiger partial charge in [0.15, 0.2) is 5.11 Å². The molecule has 170 valence electrons. The van der Waals surface area contributed by atoms with Gasteiger partial charge in [-0.25, -0.2) is 4.39 Å².